The lowest BCUT2D eigenvalue weighted by molar-refractivity contribution is -0.119. The van der Waals surface area contributed by atoms with E-state index in [9.17, 15) is 0 Å². The molecule has 18 heavy (non-hydrogen) atoms. The van der Waals surface area contributed by atoms with Crippen LogP contribution >= 0.6 is 0 Å². The minimum atomic E-state index is -0.244. The van der Waals surface area contributed by atoms with Gasteiger partial charge in [-0.2, -0.15) is 5.10 Å². The van der Waals surface area contributed by atoms with Crippen LogP contribution in [0.25, 0.3) is 5.52 Å². The highest BCUT2D eigenvalue weighted by molar-refractivity contribution is 5.53. The van der Waals surface area contributed by atoms with Gasteiger partial charge in [0, 0.05) is 32.5 Å². The van der Waals surface area contributed by atoms with Gasteiger partial charge in [0.05, 0.1) is 17.8 Å². The molecule has 5 nitrogen and oxygen atoms in total. The first-order valence-corrected chi connectivity index (χ1v) is 5.96. The van der Waals surface area contributed by atoms with E-state index in [1.54, 1.807) is 14.2 Å². The van der Waals surface area contributed by atoms with Crippen molar-refractivity contribution in [3.05, 3.63) is 36.2 Å². The quantitative estimate of drug-likeness (QED) is 0.787. The highest BCUT2D eigenvalue weighted by atomic mass is 16.7. The fourth-order valence-electron chi connectivity index (χ4n) is 2.00. The summed E-state index contributed by atoms with van der Waals surface area (Å²) in [5.74, 6) is 0. The summed E-state index contributed by atoms with van der Waals surface area (Å²) in [4.78, 5) is 0. The zero-order chi connectivity index (χ0) is 13.0. The molecule has 1 N–H and O–H groups in total. The van der Waals surface area contributed by atoms with Crippen LogP contribution in [0.15, 0.2) is 30.6 Å². The van der Waals surface area contributed by atoms with E-state index >= 15 is 0 Å². The average molecular weight is 249 g/mol. The molecule has 0 aliphatic heterocycles. The average Bonchev–Trinajstić information content (AvgIpc) is 2.81. The van der Waals surface area contributed by atoms with Gasteiger partial charge in [0.15, 0.2) is 6.29 Å². The number of fused-ring (bicyclic) bond motifs is 1. The Bertz CT molecular complexity index is 494. The Kier molecular flexibility index (Phi) is 4.30. The van der Waals surface area contributed by atoms with E-state index in [2.05, 4.69) is 16.5 Å². The molecule has 5 heteroatoms. The zero-order valence-corrected chi connectivity index (χ0v) is 11.0. The summed E-state index contributed by atoms with van der Waals surface area (Å²) in [5.41, 5.74) is 2.27. The summed E-state index contributed by atoms with van der Waals surface area (Å²) in [7, 11) is 3.28. The van der Waals surface area contributed by atoms with Crippen molar-refractivity contribution in [2.24, 2.45) is 0 Å². The van der Waals surface area contributed by atoms with Crippen LogP contribution < -0.4 is 5.32 Å². The number of nitrogens with zero attached hydrogens (tertiary/aromatic N) is 2. The van der Waals surface area contributed by atoms with E-state index in [0.29, 0.717) is 0 Å². The van der Waals surface area contributed by atoms with Gasteiger partial charge in [0.2, 0.25) is 0 Å². The normalized spacial score (nSPS) is 13.3. The number of nitrogens with one attached hydrogen (secondary N) is 1. The molecule has 0 amide bonds. The second kappa shape index (κ2) is 5.95. The first-order chi connectivity index (χ1) is 8.76. The highest BCUT2D eigenvalue weighted by Crippen LogP contribution is 2.10. The maximum absolute atomic E-state index is 5.21. The fraction of sp³-hybridized carbons (Fsp3) is 0.462. The van der Waals surface area contributed by atoms with Gasteiger partial charge in [-0.05, 0) is 19.1 Å². The number of aromatic nitrogens is 2. The van der Waals surface area contributed by atoms with Crippen LogP contribution in [0, 0.1) is 0 Å². The van der Waals surface area contributed by atoms with E-state index in [-0.39, 0.29) is 12.3 Å². The maximum atomic E-state index is 5.21. The van der Waals surface area contributed by atoms with Crippen molar-refractivity contribution in [3.8, 4) is 0 Å². The molecular formula is C13H19N3O2. The summed E-state index contributed by atoms with van der Waals surface area (Å²) in [6, 6.07) is 6.14. The molecule has 2 heterocycles. The van der Waals surface area contributed by atoms with Crippen LogP contribution in [-0.2, 0) is 16.0 Å². The predicted molar refractivity (Wildman–Crippen MR) is 69.3 cm³/mol. The topological polar surface area (TPSA) is 47.8 Å². The molecule has 1 atom stereocenters. The van der Waals surface area contributed by atoms with Gasteiger partial charge in [0.25, 0.3) is 0 Å². The van der Waals surface area contributed by atoms with Crippen LogP contribution in [-0.4, -0.2) is 36.2 Å². The lowest BCUT2D eigenvalue weighted by atomic mass is 10.2. The molecule has 0 fully saturated rings. The molecule has 2 aromatic heterocycles. The summed E-state index contributed by atoms with van der Waals surface area (Å²) in [6.07, 6.45) is 3.57. The third-order valence-corrected chi connectivity index (χ3v) is 2.99. The smallest absolute Gasteiger partial charge is 0.171 e. The molecule has 0 aliphatic rings. The minimum absolute atomic E-state index is 0.110. The summed E-state index contributed by atoms with van der Waals surface area (Å²) < 4.78 is 12.3. The Balaban J connectivity index is 2.02. The van der Waals surface area contributed by atoms with E-state index in [0.717, 1.165) is 17.6 Å². The van der Waals surface area contributed by atoms with Crippen LogP contribution in [0.2, 0.25) is 0 Å². The number of pyridine rings is 1. The van der Waals surface area contributed by atoms with Gasteiger partial charge in [0.1, 0.15) is 0 Å². The fourth-order valence-corrected chi connectivity index (χ4v) is 2.00. The van der Waals surface area contributed by atoms with Crippen molar-refractivity contribution in [2.45, 2.75) is 25.8 Å². The second-order valence-electron chi connectivity index (χ2n) is 4.21. The Morgan fingerprint density at radius 2 is 2.11 bits per heavy atom. The Labute approximate surface area is 107 Å². The third kappa shape index (κ3) is 2.69. The molecule has 0 spiro atoms. The summed E-state index contributed by atoms with van der Waals surface area (Å²) >= 11 is 0. The van der Waals surface area contributed by atoms with E-state index < -0.39 is 0 Å². The van der Waals surface area contributed by atoms with Crippen molar-refractivity contribution in [2.75, 3.05) is 14.2 Å². The van der Waals surface area contributed by atoms with Crippen molar-refractivity contribution in [3.63, 3.8) is 0 Å². The van der Waals surface area contributed by atoms with E-state index in [1.165, 1.54) is 0 Å². The monoisotopic (exact) mass is 249 g/mol. The van der Waals surface area contributed by atoms with Gasteiger partial charge < -0.3 is 14.8 Å². The maximum Gasteiger partial charge on any atom is 0.171 e. The van der Waals surface area contributed by atoms with Crippen molar-refractivity contribution < 1.29 is 9.47 Å². The molecule has 0 bridgehead atoms. The summed E-state index contributed by atoms with van der Waals surface area (Å²) in [6.45, 7) is 2.77. The molecule has 2 aromatic rings. The lowest BCUT2D eigenvalue weighted by Gasteiger charge is -2.21. The molecule has 2 rings (SSSR count). The molecule has 0 radical (unpaired) electrons. The first-order valence-electron chi connectivity index (χ1n) is 5.96. The number of hydrogen-bond acceptors (Lipinski definition) is 4. The molecular weight excluding hydrogens is 230 g/mol. The molecule has 0 aliphatic carbocycles. The van der Waals surface area contributed by atoms with Gasteiger partial charge in [-0.15, -0.1) is 0 Å². The van der Waals surface area contributed by atoms with Gasteiger partial charge in [-0.3, -0.25) is 0 Å². The number of rotatable bonds is 6. The van der Waals surface area contributed by atoms with E-state index in [4.69, 9.17) is 9.47 Å². The second-order valence-corrected chi connectivity index (χ2v) is 4.21. The first kappa shape index (κ1) is 13.0. The van der Waals surface area contributed by atoms with Gasteiger partial charge >= 0.3 is 0 Å². The zero-order valence-electron chi connectivity index (χ0n) is 11.0. The van der Waals surface area contributed by atoms with Crippen LogP contribution in [0.4, 0.5) is 0 Å². The highest BCUT2D eigenvalue weighted by Gasteiger charge is 2.15. The molecule has 0 aromatic carbocycles. The lowest BCUT2D eigenvalue weighted by Crippen LogP contribution is -2.39. The number of hydrogen-bond donors (Lipinski definition) is 1. The van der Waals surface area contributed by atoms with E-state index in [1.807, 2.05) is 36.0 Å². The standard InChI is InChI=1S/C13H19N3O2/c1-10(13(17-2)18-3)14-8-11-9-15-16-7-5-4-6-12(11)16/h4-7,9-10,13-14H,8H2,1-3H3. The Hall–Kier alpha value is -1.43. The molecule has 1 unspecified atom stereocenters. The number of methoxy groups -OCH3 is 2. The predicted octanol–water partition coefficient (Wildman–Crippen LogP) is 1.43. The van der Waals surface area contributed by atoms with Gasteiger partial charge in [-0.25, -0.2) is 4.52 Å². The summed E-state index contributed by atoms with van der Waals surface area (Å²) in [5, 5.41) is 7.67. The molecule has 0 saturated carbocycles. The van der Waals surface area contributed by atoms with Crippen LogP contribution in [0.3, 0.4) is 0 Å². The van der Waals surface area contributed by atoms with Gasteiger partial charge in [-0.1, -0.05) is 6.07 Å². The molecule has 98 valence electrons. The van der Waals surface area contributed by atoms with Crippen molar-refractivity contribution in [1.82, 2.24) is 14.9 Å². The molecule has 0 saturated heterocycles. The van der Waals surface area contributed by atoms with Crippen LogP contribution in [0.1, 0.15) is 12.5 Å². The van der Waals surface area contributed by atoms with Crippen molar-refractivity contribution >= 4 is 5.52 Å². The number of ether oxygens (including phenoxy) is 2. The van der Waals surface area contributed by atoms with Crippen LogP contribution in [0.5, 0.6) is 0 Å². The minimum Gasteiger partial charge on any atom is -0.354 e. The Morgan fingerprint density at radius 1 is 1.33 bits per heavy atom. The Morgan fingerprint density at radius 3 is 2.83 bits per heavy atom. The third-order valence-electron chi connectivity index (χ3n) is 2.99. The largest absolute Gasteiger partial charge is 0.354 e. The van der Waals surface area contributed by atoms with Crippen molar-refractivity contribution in [1.29, 1.82) is 0 Å². The SMILES string of the molecule is COC(OC)C(C)NCc1cnn2ccccc12.